The summed E-state index contributed by atoms with van der Waals surface area (Å²) in [7, 11) is 0. The van der Waals surface area contributed by atoms with Crippen LogP contribution in [0.5, 0.6) is 0 Å². The summed E-state index contributed by atoms with van der Waals surface area (Å²) in [5, 5.41) is 10.0. The van der Waals surface area contributed by atoms with Crippen LogP contribution < -0.4 is 0 Å². The first-order valence-corrected chi connectivity index (χ1v) is 8.69. The summed E-state index contributed by atoms with van der Waals surface area (Å²) < 4.78 is 6.15. The molecule has 0 amide bonds. The van der Waals surface area contributed by atoms with Crippen LogP contribution in [0.25, 0.3) is 0 Å². The van der Waals surface area contributed by atoms with E-state index >= 15 is 0 Å². The maximum atomic E-state index is 10.0. The molecule has 2 aliphatic heterocycles. The second kappa shape index (κ2) is 7.40. The molecule has 1 N–H and O–H groups in total. The van der Waals surface area contributed by atoms with E-state index in [0.717, 1.165) is 32.5 Å². The molecule has 4 heteroatoms. The minimum absolute atomic E-state index is 0.440. The van der Waals surface area contributed by atoms with Crippen molar-refractivity contribution in [2.45, 2.75) is 77.2 Å². The molecule has 2 aliphatic rings. The lowest BCUT2D eigenvalue weighted by molar-refractivity contribution is -0.0492. The van der Waals surface area contributed by atoms with E-state index in [1.165, 1.54) is 25.9 Å². The highest BCUT2D eigenvalue weighted by Gasteiger charge is 2.30. The number of aliphatic hydroxyl groups is 1. The van der Waals surface area contributed by atoms with Gasteiger partial charge in [0.25, 0.3) is 0 Å². The highest BCUT2D eigenvalue weighted by molar-refractivity contribution is 4.84. The number of ether oxygens (including phenoxy) is 1. The zero-order valence-electron chi connectivity index (χ0n) is 14.3. The monoisotopic (exact) mass is 298 g/mol. The number of likely N-dealkylation sites (tertiary alicyclic amines) is 2. The molecular weight excluding hydrogens is 264 g/mol. The molecule has 124 valence electrons. The van der Waals surface area contributed by atoms with E-state index in [4.69, 9.17) is 4.74 Å². The van der Waals surface area contributed by atoms with Gasteiger partial charge in [-0.1, -0.05) is 0 Å². The molecule has 4 nitrogen and oxygen atoms in total. The number of rotatable bonds is 5. The molecule has 2 fully saturated rings. The van der Waals surface area contributed by atoms with Crippen molar-refractivity contribution in [2.75, 3.05) is 32.8 Å². The Morgan fingerprint density at radius 1 is 1.05 bits per heavy atom. The van der Waals surface area contributed by atoms with Crippen molar-refractivity contribution >= 4 is 0 Å². The number of hydrogen-bond donors (Lipinski definition) is 1. The van der Waals surface area contributed by atoms with Crippen LogP contribution in [0.4, 0.5) is 0 Å². The van der Waals surface area contributed by atoms with Gasteiger partial charge >= 0.3 is 0 Å². The summed E-state index contributed by atoms with van der Waals surface area (Å²) in [6.45, 7) is 13.9. The first-order chi connectivity index (χ1) is 9.87. The van der Waals surface area contributed by atoms with E-state index in [1.807, 2.05) is 6.92 Å². The normalized spacial score (nSPS) is 27.1. The fourth-order valence-corrected chi connectivity index (χ4v) is 3.39. The smallest absolute Gasteiger partial charge is 0.0644 e. The van der Waals surface area contributed by atoms with Gasteiger partial charge in [-0.15, -0.1) is 0 Å². The number of piperidine rings is 2. The van der Waals surface area contributed by atoms with Gasteiger partial charge in [-0.3, -0.25) is 4.90 Å². The highest BCUT2D eigenvalue weighted by atomic mass is 16.5. The molecule has 21 heavy (non-hydrogen) atoms. The van der Waals surface area contributed by atoms with Crippen LogP contribution in [0.3, 0.4) is 0 Å². The molecule has 0 radical (unpaired) electrons. The summed E-state index contributed by atoms with van der Waals surface area (Å²) in [6.07, 6.45) is 4.53. The van der Waals surface area contributed by atoms with Crippen LogP contribution in [-0.4, -0.2) is 71.5 Å². The largest absolute Gasteiger partial charge is 0.390 e. The van der Waals surface area contributed by atoms with Gasteiger partial charge in [-0.05, 0) is 53.4 Å². The average molecular weight is 298 g/mol. The van der Waals surface area contributed by atoms with Crippen molar-refractivity contribution in [2.24, 2.45) is 0 Å². The molecule has 2 saturated heterocycles. The number of nitrogens with zero attached hydrogens (tertiary/aromatic N) is 2. The van der Waals surface area contributed by atoms with Gasteiger partial charge in [-0.2, -0.15) is 0 Å². The van der Waals surface area contributed by atoms with Crippen molar-refractivity contribution < 1.29 is 9.84 Å². The van der Waals surface area contributed by atoms with Crippen molar-refractivity contribution in [3.05, 3.63) is 0 Å². The van der Waals surface area contributed by atoms with E-state index < -0.39 is 5.60 Å². The van der Waals surface area contributed by atoms with Crippen molar-refractivity contribution in [1.29, 1.82) is 0 Å². The van der Waals surface area contributed by atoms with E-state index in [-0.39, 0.29) is 0 Å². The fourth-order valence-electron chi connectivity index (χ4n) is 3.39. The minimum atomic E-state index is -0.458. The summed E-state index contributed by atoms with van der Waals surface area (Å²) in [4.78, 5) is 5.00. The van der Waals surface area contributed by atoms with Crippen molar-refractivity contribution in [1.82, 2.24) is 9.80 Å². The Labute approximate surface area is 130 Å². The Morgan fingerprint density at radius 3 is 2.14 bits per heavy atom. The van der Waals surface area contributed by atoms with Crippen LogP contribution in [-0.2, 0) is 4.74 Å². The third kappa shape index (κ3) is 5.20. The van der Waals surface area contributed by atoms with E-state index in [0.29, 0.717) is 18.2 Å². The van der Waals surface area contributed by atoms with Gasteiger partial charge in [-0.25, -0.2) is 0 Å². The SMILES string of the molecule is CC(C)N1CCC(OCC(C)N2CCC(C)(O)CC2)CC1. The predicted molar refractivity (Wildman–Crippen MR) is 86.6 cm³/mol. The van der Waals surface area contributed by atoms with E-state index in [2.05, 4.69) is 30.6 Å². The summed E-state index contributed by atoms with van der Waals surface area (Å²) >= 11 is 0. The minimum Gasteiger partial charge on any atom is -0.390 e. The lowest BCUT2D eigenvalue weighted by Crippen LogP contribution is -2.48. The van der Waals surface area contributed by atoms with Gasteiger partial charge in [0.05, 0.1) is 18.3 Å². The summed E-state index contributed by atoms with van der Waals surface area (Å²) in [5.41, 5.74) is -0.458. The van der Waals surface area contributed by atoms with Crippen LogP contribution in [0.15, 0.2) is 0 Å². The van der Waals surface area contributed by atoms with Crippen LogP contribution in [0.1, 0.15) is 53.4 Å². The molecule has 0 aromatic heterocycles. The first kappa shape index (κ1) is 17.2. The summed E-state index contributed by atoms with van der Waals surface area (Å²) in [5.74, 6) is 0. The molecule has 0 saturated carbocycles. The molecule has 2 heterocycles. The molecule has 2 rings (SSSR count). The van der Waals surface area contributed by atoms with E-state index in [1.54, 1.807) is 0 Å². The maximum Gasteiger partial charge on any atom is 0.0644 e. The molecule has 0 aromatic rings. The van der Waals surface area contributed by atoms with E-state index in [9.17, 15) is 5.11 Å². The molecule has 1 unspecified atom stereocenters. The Morgan fingerprint density at radius 2 is 1.62 bits per heavy atom. The molecule has 0 spiro atoms. The second-order valence-corrected chi connectivity index (χ2v) is 7.54. The Bertz CT molecular complexity index is 302. The Kier molecular flexibility index (Phi) is 6.06. The van der Waals surface area contributed by atoms with Crippen LogP contribution in [0.2, 0.25) is 0 Å². The molecule has 0 aromatic carbocycles. The lowest BCUT2D eigenvalue weighted by atomic mass is 9.93. The molecule has 0 bridgehead atoms. The zero-order valence-corrected chi connectivity index (χ0v) is 14.3. The van der Waals surface area contributed by atoms with Gasteiger partial charge in [0.2, 0.25) is 0 Å². The van der Waals surface area contributed by atoms with Crippen molar-refractivity contribution in [3.63, 3.8) is 0 Å². The fraction of sp³-hybridized carbons (Fsp3) is 1.00. The zero-order chi connectivity index (χ0) is 15.5. The predicted octanol–water partition coefficient (Wildman–Crippen LogP) is 2.11. The maximum absolute atomic E-state index is 10.0. The average Bonchev–Trinajstić information content (AvgIpc) is 2.45. The second-order valence-electron chi connectivity index (χ2n) is 7.54. The Hall–Kier alpha value is -0.160. The van der Waals surface area contributed by atoms with Gasteiger partial charge in [0, 0.05) is 38.3 Å². The quantitative estimate of drug-likeness (QED) is 0.843. The van der Waals surface area contributed by atoms with Gasteiger partial charge in [0.15, 0.2) is 0 Å². The molecule has 0 aliphatic carbocycles. The molecular formula is C17H34N2O2. The topological polar surface area (TPSA) is 35.9 Å². The van der Waals surface area contributed by atoms with Crippen LogP contribution >= 0.6 is 0 Å². The van der Waals surface area contributed by atoms with Crippen molar-refractivity contribution in [3.8, 4) is 0 Å². The third-order valence-electron chi connectivity index (χ3n) is 5.28. The lowest BCUT2D eigenvalue weighted by Gasteiger charge is -2.40. The van der Waals surface area contributed by atoms with Gasteiger partial charge in [0.1, 0.15) is 0 Å². The number of hydrogen-bond acceptors (Lipinski definition) is 4. The summed E-state index contributed by atoms with van der Waals surface area (Å²) in [6, 6.07) is 1.12. The molecule has 1 atom stereocenters. The first-order valence-electron chi connectivity index (χ1n) is 8.69. The van der Waals surface area contributed by atoms with Gasteiger partial charge < -0.3 is 14.7 Å². The Balaban J connectivity index is 1.65. The van der Waals surface area contributed by atoms with Crippen LogP contribution in [0, 0.1) is 0 Å². The standard InChI is InChI=1S/C17H34N2O2/c1-14(2)18-9-5-16(6-10-18)21-13-15(3)19-11-7-17(4,20)8-12-19/h14-16,20H,5-13H2,1-4H3. The third-order valence-corrected chi connectivity index (χ3v) is 5.28. The highest BCUT2D eigenvalue weighted by Crippen LogP contribution is 2.23.